The zero-order valence-corrected chi connectivity index (χ0v) is 13.8. The van der Waals surface area contributed by atoms with E-state index in [2.05, 4.69) is 6.58 Å². The Balaban J connectivity index is 2.11. The zero-order chi connectivity index (χ0) is 17.6. The van der Waals surface area contributed by atoms with E-state index in [9.17, 15) is 23.3 Å². The molecule has 0 amide bonds. The quantitative estimate of drug-likeness (QED) is 0.473. The Hall–Kier alpha value is -2.32. The minimum absolute atomic E-state index is 0.0133. The highest BCUT2D eigenvalue weighted by Gasteiger charge is 2.45. The van der Waals surface area contributed by atoms with Gasteiger partial charge in [0.05, 0.1) is 4.92 Å². The van der Waals surface area contributed by atoms with Crippen molar-refractivity contribution >= 4 is 21.5 Å². The molecular weight excluding hydrogens is 332 g/mol. The number of nitro groups is 1. The molecule has 24 heavy (non-hydrogen) atoms. The molecule has 0 aromatic heterocycles. The van der Waals surface area contributed by atoms with Gasteiger partial charge in [0, 0.05) is 24.6 Å². The lowest BCUT2D eigenvalue weighted by atomic mass is 9.78. The van der Waals surface area contributed by atoms with Gasteiger partial charge in [-0.15, -0.1) is 0 Å². The van der Waals surface area contributed by atoms with Crippen molar-refractivity contribution in [2.45, 2.75) is 24.3 Å². The summed E-state index contributed by atoms with van der Waals surface area (Å²) in [5.74, 6) is -0.438. The molecule has 2 aliphatic rings. The number of fused-ring (bicyclic) bond motifs is 2. The first-order valence-corrected chi connectivity index (χ1v) is 8.82. The predicted octanol–water partition coefficient (Wildman–Crippen LogP) is 2.06. The number of benzene rings is 1. The molecule has 2 bridgehead atoms. The third-order valence-electron chi connectivity index (χ3n) is 4.55. The van der Waals surface area contributed by atoms with E-state index in [-0.39, 0.29) is 23.1 Å². The second-order valence-electron chi connectivity index (χ2n) is 6.03. The first-order valence-electron chi connectivity index (χ1n) is 7.38. The van der Waals surface area contributed by atoms with Gasteiger partial charge >= 0.3 is 0 Å². The summed E-state index contributed by atoms with van der Waals surface area (Å²) in [5.41, 5.74) is 0.701. The molecule has 8 heteroatoms. The number of nitro benzene ring substituents is 1. The second-order valence-corrected chi connectivity index (χ2v) is 7.89. The lowest BCUT2D eigenvalue weighted by Gasteiger charge is -2.42. The molecule has 0 unspecified atom stereocenters. The number of piperidine rings is 1. The van der Waals surface area contributed by atoms with Gasteiger partial charge in [-0.25, -0.2) is 8.42 Å². The molecule has 2 atom stereocenters. The normalized spacial score (nSPS) is 24.6. The van der Waals surface area contributed by atoms with E-state index in [1.54, 1.807) is 6.92 Å². The molecule has 1 aromatic carbocycles. The molecule has 7 nitrogen and oxygen atoms in total. The summed E-state index contributed by atoms with van der Waals surface area (Å²) in [6.07, 6.45) is 1.78. The van der Waals surface area contributed by atoms with Gasteiger partial charge in [-0.2, -0.15) is 4.31 Å². The standard InChI is InChI=1S/C16H16N2O5S/c1-10-7-15(19)12-8-14(10)17(9-11(12)2)24(22,23)16-6-4-3-5-13(16)18(20)21/h3-7,12,14H,2,8-9H2,1H3/t12-,14-/m1/s1. The summed E-state index contributed by atoms with van der Waals surface area (Å²) in [6.45, 7) is 5.53. The molecule has 0 saturated carbocycles. The van der Waals surface area contributed by atoms with Crippen molar-refractivity contribution in [3.05, 3.63) is 58.2 Å². The molecule has 1 aliphatic heterocycles. The van der Waals surface area contributed by atoms with Crippen LogP contribution in [0.25, 0.3) is 0 Å². The Morgan fingerprint density at radius 1 is 1.33 bits per heavy atom. The van der Waals surface area contributed by atoms with Crippen LogP contribution < -0.4 is 0 Å². The monoisotopic (exact) mass is 348 g/mol. The van der Waals surface area contributed by atoms with Crippen LogP contribution in [-0.2, 0) is 14.8 Å². The predicted molar refractivity (Wildman–Crippen MR) is 86.8 cm³/mol. The number of hydrogen-bond acceptors (Lipinski definition) is 5. The molecule has 1 fully saturated rings. The minimum Gasteiger partial charge on any atom is -0.294 e. The maximum absolute atomic E-state index is 13.1. The number of sulfonamides is 1. The zero-order valence-electron chi connectivity index (χ0n) is 13.0. The molecule has 1 heterocycles. The van der Waals surface area contributed by atoms with Gasteiger partial charge in [0.15, 0.2) is 10.7 Å². The van der Waals surface area contributed by atoms with Crippen LogP contribution in [0.3, 0.4) is 0 Å². The molecule has 1 aromatic rings. The van der Waals surface area contributed by atoms with Crippen molar-refractivity contribution in [3.63, 3.8) is 0 Å². The van der Waals surface area contributed by atoms with E-state index in [4.69, 9.17) is 0 Å². The molecule has 126 valence electrons. The van der Waals surface area contributed by atoms with Crippen LogP contribution in [0, 0.1) is 16.0 Å². The van der Waals surface area contributed by atoms with Crippen molar-refractivity contribution in [2.24, 2.45) is 5.92 Å². The molecule has 0 radical (unpaired) electrons. The SMILES string of the molecule is C=C1CN(S(=O)(=O)c2ccccc2[N+](=O)[O-])[C@@H]2C[C@H]1C(=O)C=C2C. The summed E-state index contributed by atoms with van der Waals surface area (Å²) >= 11 is 0. The van der Waals surface area contributed by atoms with Gasteiger partial charge in [-0.3, -0.25) is 14.9 Å². The van der Waals surface area contributed by atoms with Crippen LogP contribution in [0.2, 0.25) is 0 Å². The smallest absolute Gasteiger partial charge is 0.289 e. The summed E-state index contributed by atoms with van der Waals surface area (Å²) in [5, 5.41) is 11.2. The molecule has 3 rings (SSSR count). The number of nitrogens with zero attached hydrogens (tertiary/aromatic N) is 2. The van der Waals surface area contributed by atoms with Crippen molar-refractivity contribution in [3.8, 4) is 0 Å². The largest absolute Gasteiger partial charge is 0.294 e. The average Bonchev–Trinajstić information content (AvgIpc) is 2.53. The fourth-order valence-corrected chi connectivity index (χ4v) is 5.12. The van der Waals surface area contributed by atoms with Gasteiger partial charge in [-0.1, -0.05) is 29.9 Å². The Morgan fingerprint density at radius 3 is 2.67 bits per heavy atom. The van der Waals surface area contributed by atoms with E-state index in [0.717, 1.165) is 0 Å². The van der Waals surface area contributed by atoms with Gasteiger partial charge in [-0.05, 0) is 25.5 Å². The summed E-state index contributed by atoms with van der Waals surface area (Å²) < 4.78 is 27.3. The van der Waals surface area contributed by atoms with Crippen molar-refractivity contribution < 1.29 is 18.1 Å². The summed E-state index contributed by atoms with van der Waals surface area (Å²) in [6, 6.07) is 4.79. The Bertz CT molecular complexity index is 887. The number of carbonyl (C=O) groups excluding carboxylic acids is 1. The number of para-hydroxylation sites is 1. The van der Waals surface area contributed by atoms with E-state index in [0.29, 0.717) is 17.6 Å². The van der Waals surface area contributed by atoms with Crippen LogP contribution in [0.1, 0.15) is 13.3 Å². The molecule has 1 saturated heterocycles. The Kier molecular flexibility index (Phi) is 3.89. The highest BCUT2D eigenvalue weighted by Crippen LogP contribution is 2.39. The van der Waals surface area contributed by atoms with E-state index in [1.165, 1.54) is 34.6 Å². The number of carbonyl (C=O) groups is 1. The minimum atomic E-state index is -4.09. The Morgan fingerprint density at radius 2 is 2.00 bits per heavy atom. The third kappa shape index (κ3) is 2.47. The van der Waals surface area contributed by atoms with E-state index in [1.807, 2.05) is 0 Å². The lowest BCUT2D eigenvalue weighted by Crippen LogP contribution is -2.50. The van der Waals surface area contributed by atoms with Crippen molar-refractivity contribution in [2.75, 3.05) is 6.54 Å². The van der Waals surface area contributed by atoms with Gasteiger partial charge in [0.25, 0.3) is 15.7 Å². The van der Waals surface area contributed by atoms with Crippen molar-refractivity contribution in [1.29, 1.82) is 0 Å². The highest BCUT2D eigenvalue weighted by atomic mass is 32.2. The highest BCUT2D eigenvalue weighted by molar-refractivity contribution is 7.89. The summed E-state index contributed by atoms with van der Waals surface area (Å²) in [4.78, 5) is 22.1. The molecule has 0 N–H and O–H groups in total. The molecular formula is C16H16N2O5S. The number of allylic oxidation sites excluding steroid dienone is 1. The average molecular weight is 348 g/mol. The van der Waals surface area contributed by atoms with Crippen LogP contribution in [0.5, 0.6) is 0 Å². The van der Waals surface area contributed by atoms with E-state index < -0.39 is 26.7 Å². The fourth-order valence-electron chi connectivity index (χ4n) is 3.28. The lowest BCUT2D eigenvalue weighted by molar-refractivity contribution is -0.387. The molecule has 1 aliphatic carbocycles. The maximum Gasteiger partial charge on any atom is 0.289 e. The fraction of sp³-hybridized carbons (Fsp3) is 0.312. The third-order valence-corrected chi connectivity index (χ3v) is 6.45. The van der Waals surface area contributed by atoms with Gasteiger partial charge in [0.2, 0.25) is 0 Å². The second kappa shape index (κ2) is 5.64. The van der Waals surface area contributed by atoms with Gasteiger partial charge < -0.3 is 0 Å². The van der Waals surface area contributed by atoms with Crippen molar-refractivity contribution in [1.82, 2.24) is 4.31 Å². The first-order chi connectivity index (χ1) is 11.2. The first kappa shape index (κ1) is 16.5. The number of hydrogen-bond donors (Lipinski definition) is 0. The van der Waals surface area contributed by atoms with E-state index >= 15 is 0 Å². The van der Waals surface area contributed by atoms with Crippen LogP contribution in [0.15, 0.2) is 53.0 Å². The topological polar surface area (TPSA) is 97.6 Å². The number of rotatable bonds is 3. The summed E-state index contributed by atoms with van der Waals surface area (Å²) in [7, 11) is -4.09. The molecule has 0 spiro atoms. The van der Waals surface area contributed by atoms with Crippen LogP contribution in [0.4, 0.5) is 5.69 Å². The van der Waals surface area contributed by atoms with Crippen LogP contribution >= 0.6 is 0 Å². The van der Waals surface area contributed by atoms with Crippen LogP contribution in [-0.4, -0.2) is 36.0 Å². The maximum atomic E-state index is 13.1. The van der Waals surface area contributed by atoms with Gasteiger partial charge in [0.1, 0.15) is 0 Å². The Labute approximate surface area is 139 Å². The number of ketones is 1.